The van der Waals surface area contributed by atoms with Gasteiger partial charge in [0.2, 0.25) is 0 Å². The Kier molecular flexibility index (Phi) is 6.13. The minimum absolute atomic E-state index is 0.223. The molecule has 1 unspecified atom stereocenters. The van der Waals surface area contributed by atoms with E-state index in [-0.39, 0.29) is 12.5 Å². The predicted molar refractivity (Wildman–Crippen MR) is 104 cm³/mol. The van der Waals surface area contributed by atoms with Crippen molar-refractivity contribution in [1.82, 2.24) is 14.9 Å². The standard InChI is InChI=1S/C19H16BrClFN3O2/c1-25-9-8-23-19(25)18(12-2-4-13(21)5-3-12)24-17(26)11-27-16-7-6-14(22)10-15(16)20/h2-10,18H,11H2,1H3,(H,24,26). The molecule has 0 bridgehead atoms. The summed E-state index contributed by atoms with van der Waals surface area (Å²) in [4.78, 5) is 16.8. The van der Waals surface area contributed by atoms with Gasteiger partial charge in [-0.1, -0.05) is 23.7 Å². The molecule has 1 amide bonds. The van der Waals surface area contributed by atoms with E-state index in [9.17, 15) is 9.18 Å². The van der Waals surface area contributed by atoms with E-state index in [1.54, 1.807) is 24.5 Å². The van der Waals surface area contributed by atoms with Crippen LogP contribution >= 0.6 is 27.5 Å². The molecule has 1 aromatic heterocycles. The van der Waals surface area contributed by atoms with E-state index in [1.165, 1.54) is 18.2 Å². The Bertz CT molecular complexity index is 946. The van der Waals surface area contributed by atoms with Crippen LogP contribution in [-0.2, 0) is 11.8 Å². The summed E-state index contributed by atoms with van der Waals surface area (Å²) in [5, 5.41) is 3.52. The Morgan fingerprint density at radius 3 is 2.70 bits per heavy atom. The normalized spacial score (nSPS) is 11.9. The number of nitrogens with one attached hydrogen (secondary N) is 1. The van der Waals surface area contributed by atoms with Crippen molar-refractivity contribution in [3.63, 3.8) is 0 Å². The van der Waals surface area contributed by atoms with Gasteiger partial charge >= 0.3 is 0 Å². The molecule has 8 heteroatoms. The summed E-state index contributed by atoms with van der Waals surface area (Å²) in [6.07, 6.45) is 3.47. The van der Waals surface area contributed by atoms with Crippen LogP contribution < -0.4 is 10.1 Å². The Morgan fingerprint density at radius 2 is 2.07 bits per heavy atom. The molecule has 2 aromatic carbocycles. The summed E-state index contributed by atoms with van der Waals surface area (Å²) in [6.45, 7) is -0.223. The lowest BCUT2D eigenvalue weighted by Crippen LogP contribution is -2.34. The van der Waals surface area contributed by atoms with Gasteiger partial charge in [0.15, 0.2) is 6.61 Å². The van der Waals surface area contributed by atoms with Gasteiger partial charge < -0.3 is 14.6 Å². The first-order valence-corrected chi connectivity index (χ1v) is 9.21. The molecule has 1 N–H and O–H groups in total. The van der Waals surface area contributed by atoms with Crippen LogP contribution in [0.2, 0.25) is 5.02 Å². The van der Waals surface area contributed by atoms with Crippen molar-refractivity contribution in [1.29, 1.82) is 0 Å². The predicted octanol–water partition coefficient (Wildman–Crippen LogP) is 4.26. The minimum Gasteiger partial charge on any atom is -0.483 e. The fourth-order valence-electron chi connectivity index (χ4n) is 2.55. The molecule has 1 atom stereocenters. The molecule has 27 heavy (non-hydrogen) atoms. The van der Waals surface area contributed by atoms with E-state index in [0.717, 1.165) is 5.56 Å². The molecule has 1 heterocycles. The van der Waals surface area contributed by atoms with Crippen LogP contribution in [0.3, 0.4) is 0 Å². The number of amides is 1. The van der Waals surface area contributed by atoms with E-state index >= 15 is 0 Å². The number of halogens is 3. The van der Waals surface area contributed by atoms with Crippen molar-refractivity contribution in [3.05, 3.63) is 81.6 Å². The average Bonchev–Trinajstić information content (AvgIpc) is 3.05. The van der Waals surface area contributed by atoms with Crippen LogP contribution in [0.25, 0.3) is 0 Å². The molecule has 0 saturated heterocycles. The Hall–Kier alpha value is -2.38. The number of aryl methyl sites for hydroxylation is 1. The van der Waals surface area contributed by atoms with Gasteiger partial charge in [-0.05, 0) is 51.8 Å². The fraction of sp³-hybridized carbons (Fsp3) is 0.158. The largest absolute Gasteiger partial charge is 0.483 e. The average molecular weight is 453 g/mol. The number of ether oxygens (including phenoxy) is 1. The van der Waals surface area contributed by atoms with Gasteiger partial charge in [0, 0.05) is 24.5 Å². The Morgan fingerprint density at radius 1 is 1.33 bits per heavy atom. The van der Waals surface area contributed by atoms with Gasteiger partial charge in [-0.2, -0.15) is 0 Å². The van der Waals surface area contributed by atoms with E-state index in [1.807, 2.05) is 23.7 Å². The summed E-state index contributed by atoms with van der Waals surface area (Å²) >= 11 is 9.17. The number of aromatic nitrogens is 2. The second kappa shape index (κ2) is 8.54. The van der Waals surface area contributed by atoms with Crippen molar-refractivity contribution in [3.8, 4) is 5.75 Å². The van der Waals surface area contributed by atoms with E-state index in [2.05, 4.69) is 26.2 Å². The summed E-state index contributed by atoms with van der Waals surface area (Å²) in [5.74, 6) is 0.325. The highest BCUT2D eigenvalue weighted by atomic mass is 79.9. The highest BCUT2D eigenvalue weighted by Gasteiger charge is 2.21. The molecule has 3 rings (SSSR count). The lowest BCUT2D eigenvalue weighted by atomic mass is 10.1. The molecule has 3 aromatic rings. The highest BCUT2D eigenvalue weighted by Crippen LogP contribution is 2.26. The molecule has 0 spiro atoms. The lowest BCUT2D eigenvalue weighted by Gasteiger charge is -2.19. The van der Waals surface area contributed by atoms with Crippen LogP contribution in [0.5, 0.6) is 5.75 Å². The van der Waals surface area contributed by atoms with E-state index in [4.69, 9.17) is 16.3 Å². The second-order valence-corrected chi connectivity index (χ2v) is 7.10. The third-order valence-electron chi connectivity index (χ3n) is 3.88. The maximum atomic E-state index is 13.1. The summed E-state index contributed by atoms with van der Waals surface area (Å²) in [5.41, 5.74) is 0.838. The molecule has 0 aliphatic heterocycles. The van der Waals surface area contributed by atoms with Crippen LogP contribution in [0.1, 0.15) is 17.4 Å². The molecule has 0 fully saturated rings. The molecule has 0 radical (unpaired) electrons. The summed E-state index contributed by atoms with van der Waals surface area (Å²) in [7, 11) is 1.85. The van der Waals surface area contributed by atoms with Crippen molar-refractivity contribution >= 4 is 33.4 Å². The molecule has 140 valence electrons. The molecule has 0 aliphatic rings. The van der Waals surface area contributed by atoms with Gasteiger partial charge in [-0.3, -0.25) is 4.79 Å². The zero-order chi connectivity index (χ0) is 19.4. The number of imidazole rings is 1. The van der Waals surface area contributed by atoms with Crippen molar-refractivity contribution in [2.24, 2.45) is 7.05 Å². The minimum atomic E-state index is -0.463. The van der Waals surface area contributed by atoms with Gasteiger partial charge in [0.1, 0.15) is 23.4 Å². The number of hydrogen-bond donors (Lipinski definition) is 1. The van der Waals surface area contributed by atoms with Gasteiger partial charge in [0.05, 0.1) is 4.47 Å². The maximum absolute atomic E-state index is 13.1. The first-order valence-electron chi connectivity index (χ1n) is 8.04. The Balaban J connectivity index is 1.74. The highest BCUT2D eigenvalue weighted by molar-refractivity contribution is 9.10. The zero-order valence-corrected chi connectivity index (χ0v) is 16.7. The van der Waals surface area contributed by atoms with E-state index < -0.39 is 11.9 Å². The topological polar surface area (TPSA) is 56.2 Å². The molecule has 0 aliphatic carbocycles. The number of carbonyl (C=O) groups is 1. The van der Waals surface area contributed by atoms with Crippen molar-refractivity contribution in [2.75, 3.05) is 6.61 Å². The third kappa shape index (κ3) is 4.87. The summed E-state index contributed by atoms with van der Waals surface area (Å²) in [6, 6.07) is 10.7. The van der Waals surface area contributed by atoms with E-state index in [0.29, 0.717) is 21.1 Å². The van der Waals surface area contributed by atoms with Crippen molar-refractivity contribution < 1.29 is 13.9 Å². The monoisotopic (exact) mass is 451 g/mol. The molecule has 0 saturated carbocycles. The lowest BCUT2D eigenvalue weighted by molar-refractivity contribution is -0.123. The van der Waals surface area contributed by atoms with Gasteiger partial charge in [-0.25, -0.2) is 9.37 Å². The first kappa shape index (κ1) is 19.4. The number of hydrogen-bond acceptors (Lipinski definition) is 3. The first-order chi connectivity index (χ1) is 12.9. The van der Waals surface area contributed by atoms with Crippen LogP contribution in [0.4, 0.5) is 4.39 Å². The third-order valence-corrected chi connectivity index (χ3v) is 4.75. The fourth-order valence-corrected chi connectivity index (χ4v) is 3.14. The van der Waals surface area contributed by atoms with Crippen molar-refractivity contribution in [2.45, 2.75) is 6.04 Å². The second-order valence-electron chi connectivity index (χ2n) is 5.81. The SMILES string of the molecule is Cn1ccnc1C(NC(=O)COc1ccc(F)cc1Br)c1ccc(Cl)cc1. The maximum Gasteiger partial charge on any atom is 0.258 e. The van der Waals surface area contributed by atoms with Gasteiger partial charge in [0.25, 0.3) is 5.91 Å². The quantitative estimate of drug-likeness (QED) is 0.608. The van der Waals surface area contributed by atoms with Crippen LogP contribution in [0.15, 0.2) is 59.3 Å². The molecular weight excluding hydrogens is 437 g/mol. The van der Waals surface area contributed by atoms with Crippen LogP contribution in [-0.4, -0.2) is 22.1 Å². The van der Waals surface area contributed by atoms with Gasteiger partial charge in [-0.15, -0.1) is 0 Å². The Labute approximate surface area is 169 Å². The zero-order valence-electron chi connectivity index (χ0n) is 14.3. The molecular formula is C19H16BrClFN3O2. The van der Waals surface area contributed by atoms with Crippen LogP contribution in [0, 0.1) is 5.82 Å². The molecule has 5 nitrogen and oxygen atoms in total. The smallest absolute Gasteiger partial charge is 0.258 e. The number of carbonyl (C=O) groups excluding carboxylic acids is 1. The summed E-state index contributed by atoms with van der Waals surface area (Å²) < 4.78 is 20.9. The number of rotatable bonds is 6. The number of nitrogens with zero attached hydrogens (tertiary/aromatic N) is 2. The number of benzene rings is 2.